The SMILES string of the molecule is COC(=O)[C@@H]1[C@@H](O)CCN1C(C)C. The van der Waals surface area contributed by atoms with Crippen LogP contribution in [0.1, 0.15) is 20.3 Å². The maximum Gasteiger partial charge on any atom is 0.325 e. The van der Waals surface area contributed by atoms with Gasteiger partial charge in [-0.15, -0.1) is 0 Å². The molecule has 0 spiro atoms. The molecule has 4 nitrogen and oxygen atoms in total. The van der Waals surface area contributed by atoms with Crippen LogP contribution in [0.4, 0.5) is 0 Å². The Labute approximate surface area is 78.5 Å². The van der Waals surface area contributed by atoms with E-state index in [2.05, 4.69) is 4.74 Å². The molecule has 0 radical (unpaired) electrons. The number of aliphatic hydroxyl groups is 1. The predicted octanol–water partition coefficient (Wildman–Crippen LogP) is 0.00300. The standard InChI is InChI=1S/C9H17NO3/c1-6(2)10-5-4-7(11)8(10)9(12)13-3/h6-8,11H,4-5H2,1-3H3/t7-,8-/m0/s1. The zero-order valence-corrected chi connectivity index (χ0v) is 8.36. The number of hydrogen-bond donors (Lipinski definition) is 1. The van der Waals surface area contributed by atoms with Crippen LogP contribution in [0.3, 0.4) is 0 Å². The number of ether oxygens (including phenoxy) is 1. The number of carbonyl (C=O) groups is 1. The van der Waals surface area contributed by atoms with Crippen LogP contribution in [0, 0.1) is 0 Å². The topological polar surface area (TPSA) is 49.8 Å². The molecule has 0 aromatic rings. The highest BCUT2D eigenvalue weighted by Crippen LogP contribution is 2.21. The van der Waals surface area contributed by atoms with Gasteiger partial charge in [-0.3, -0.25) is 9.69 Å². The Hall–Kier alpha value is -0.610. The van der Waals surface area contributed by atoms with Gasteiger partial charge in [-0.2, -0.15) is 0 Å². The Kier molecular flexibility index (Phi) is 3.27. The van der Waals surface area contributed by atoms with Gasteiger partial charge in [0.1, 0.15) is 6.04 Å². The van der Waals surface area contributed by atoms with Crippen LogP contribution in [-0.2, 0) is 9.53 Å². The van der Waals surface area contributed by atoms with Crippen LogP contribution in [-0.4, -0.2) is 47.8 Å². The van der Waals surface area contributed by atoms with E-state index in [1.807, 2.05) is 18.7 Å². The molecule has 0 bridgehead atoms. The Morgan fingerprint density at radius 2 is 2.23 bits per heavy atom. The molecular formula is C9H17NO3. The van der Waals surface area contributed by atoms with Crippen molar-refractivity contribution in [1.82, 2.24) is 4.90 Å². The first-order valence-corrected chi connectivity index (χ1v) is 4.59. The maximum absolute atomic E-state index is 11.3. The van der Waals surface area contributed by atoms with Crippen molar-refractivity contribution in [1.29, 1.82) is 0 Å². The van der Waals surface area contributed by atoms with Gasteiger partial charge in [-0.25, -0.2) is 0 Å². The molecule has 4 heteroatoms. The Morgan fingerprint density at radius 3 is 2.69 bits per heavy atom. The Bertz CT molecular complexity index is 193. The second-order valence-corrected chi connectivity index (χ2v) is 3.66. The summed E-state index contributed by atoms with van der Waals surface area (Å²) in [5, 5.41) is 9.57. The Balaban J connectivity index is 2.71. The van der Waals surface area contributed by atoms with Gasteiger partial charge in [-0.1, -0.05) is 0 Å². The predicted molar refractivity (Wildman–Crippen MR) is 48.3 cm³/mol. The summed E-state index contributed by atoms with van der Waals surface area (Å²) in [6, 6.07) is -0.203. The van der Waals surface area contributed by atoms with E-state index in [0.717, 1.165) is 6.54 Å². The molecule has 1 saturated heterocycles. The molecule has 1 rings (SSSR count). The van der Waals surface area contributed by atoms with Crippen LogP contribution in [0.5, 0.6) is 0 Å². The Morgan fingerprint density at radius 1 is 1.62 bits per heavy atom. The highest BCUT2D eigenvalue weighted by Gasteiger charge is 2.40. The molecule has 1 N–H and O–H groups in total. The van der Waals surface area contributed by atoms with Crippen molar-refractivity contribution in [2.75, 3.05) is 13.7 Å². The van der Waals surface area contributed by atoms with Crippen LogP contribution < -0.4 is 0 Å². The zero-order chi connectivity index (χ0) is 10.0. The second-order valence-electron chi connectivity index (χ2n) is 3.66. The number of rotatable bonds is 2. The summed E-state index contributed by atoms with van der Waals surface area (Å²) >= 11 is 0. The number of aliphatic hydroxyl groups excluding tert-OH is 1. The van der Waals surface area contributed by atoms with E-state index >= 15 is 0 Å². The van der Waals surface area contributed by atoms with Gasteiger partial charge in [0.05, 0.1) is 13.2 Å². The fourth-order valence-corrected chi connectivity index (χ4v) is 1.79. The summed E-state index contributed by atoms with van der Waals surface area (Å²) < 4.78 is 4.64. The number of hydrogen-bond acceptors (Lipinski definition) is 4. The van der Waals surface area contributed by atoms with Crippen LogP contribution in [0.2, 0.25) is 0 Å². The number of nitrogens with zero attached hydrogens (tertiary/aromatic N) is 1. The van der Waals surface area contributed by atoms with Crippen molar-refractivity contribution in [3.8, 4) is 0 Å². The van der Waals surface area contributed by atoms with Gasteiger partial charge in [0, 0.05) is 12.6 Å². The second kappa shape index (κ2) is 4.07. The molecule has 0 unspecified atom stereocenters. The monoisotopic (exact) mass is 187 g/mol. The van der Waals surface area contributed by atoms with E-state index in [4.69, 9.17) is 0 Å². The average molecular weight is 187 g/mol. The molecule has 0 aromatic carbocycles. The van der Waals surface area contributed by atoms with Crippen LogP contribution >= 0.6 is 0 Å². The quantitative estimate of drug-likeness (QED) is 0.618. The van der Waals surface area contributed by atoms with Crippen LogP contribution in [0.25, 0.3) is 0 Å². The fourth-order valence-electron chi connectivity index (χ4n) is 1.79. The third-order valence-electron chi connectivity index (χ3n) is 2.51. The molecular weight excluding hydrogens is 170 g/mol. The summed E-state index contributed by atoms with van der Waals surface area (Å²) in [6.07, 6.45) is 0.0765. The van der Waals surface area contributed by atoms with Crippen molar-refractivity contribution in [3.63, 3.8) is 0 Å². The molecule has 0 amide bonds. The van der Waals surface area contributed by atoms with E-state index < -0.39 is 12.1 Å². The molecule has 1 fully saturated rings. The normalized spacial score (nSPS) is 29.6. The third-order valence-corrected chi connectivity index (χ3v) is 2.51. The number of esters is 1. The largest absolute Gasteiger partial charge is 0.468 e. The van der Waals surface area contributed by atoms with Gasteiger partial charge in [0.15, 0.2) is 0 Å². The number of carbonyl (C=O) groups excluding carboxylic acids is 1. The molecule has 76 valence electrons. The number of likely N-dealkylation sites (tertiary alicyclic amines) is 1. The maximum atomic E-state index is 11.3. The van der Waals surface area contributed by atoms with Crippen molar-refractivity contribution in [3.05, 3.63) is 0 Å². The first-order valence-electron chi connectivity index (χ1n) is 4.59. The van der Waals surface area contributed by atoms with Crippen molar-refractivity contribution < 1.29 is 14.6 Å². The van der Waals surface area contributed by atoms with E-state index in [1.165, 1.54) is 7.11 Å². The minimum atomic E-state index is -0.574. The van der Waals surface area contributed by atoms with E-state index in [-0.39, 0.29) is 12.0 Å². The lowest BCUT2D eigenvalue weighted by atomic mass is 10.1. The van der Waals surface area contributed by atoms with E-state index in [1.54, 1.807) is 0 Å². The van der Waals surface area contributed by atoms with Gasteiger partial charge < -0.3 is 9.84 Å². The third kappa shape index (κ3) is 2.00. The molecule has 0 saturated carbocycles. The lowest BCUT2D eigenvalue weighted by molar-refractivity contribution is -0.149. The van der Waals surface area contributed by atoms with E-state index in [9.17, 15) is 9.90 Å². The molecule has 1 aliphatic heterocycles. The summed E-state index contributed by atoms with van der Waals surface area (Å²) in [4.78, 5) is 13.3. The smallest absolute Gasteiger partial charge is 0.325 e. The minimum absolute atomic E-state index is 0.265. The lowest BCUT2D eigenvalue weighted by Gasteiger charge is -2.27. The lowest BCUT2D eigenvalue weighted by Crippen LogP contribution is -2.45. The molecule has 1 heterocycles. The van der Waals surface area contributed by atoms with Crippen molar-refractivity contribution in [2.45, 2.75) is 38.5 Å². The molecule has 13 heavy (non-hydrogen) atoms. The summed E-state index contributed by atoms with van der Waals surface area (Å²) in [5.74, 6) is -0.335. The highest BCUT2D eigenvalue weighted by atomic mass is 16.5. The molecule has 0 aromatic heterocycles. The summed E-state index contributed by atoms with van der Waals surface area (Å²) in [7, 11) is 1.35. The highest BCUT2D eigenvalue weighted by molar-refractivity contribution is 5.76. The first-order chi connectivity index (χ1) is 6.07. The van der Waals surface area contributed by atoms with Gasteiger partial charge in [0.2, 0.25) is 0 Å². The average Bonchev–Trinajstić information content (AvgIpc) is 2.46. The van der Waals surface area contributed by atoms with Gasteiger partial charge >= 0.3 is 5.97 Å². The molecule has 2 atom stereocenters. The van der Waals surface area contributed by atoms with Crippen LogP contribution in [0.15, 0.2) is 0 Å². The van der Waals surface area contributed by atoms with Crippen molar-refractivity contribution in [2.24, 2.45) is 0 Å². The van der Waals surface area contributed by atoms with Crippen molar-refractivity contribution >= 4 is 5.97 Å². The summed E-state index contributed by atoms with van der Waals surface area (Å²) in [6.45, 7) is 4.78. The zero-order valence-electron chi connectivity index (χ0n) is 8.36. The minimum Gasteiger partial charge on any atom is -0.468 e. The molecule has 0 aliphatic carbocycles. The summed E-state index contributed by atoms with van der Waals surface area (Å²) in [5.41, 5.74) is 0. The fraction of sp³-hybridized carbons (Fsp3) is 0.889. The van der Waals surface area contributed by atoms with E-state index in [0.29, 0.717) is 6.42 Å². The van der Waals surface area contributed by atoms with Gasteiger partial charge in [-0.05, 0) is 20.3 Å². The molecule has 1 aliphatic rings. The number of methoxy groups -OCH3 is 1. The first kappa shape index (κ1) is 10.5. The van der Waals surface area contributed by atoms with Gasteiger partial charge in [0.25, 0.3) is 0 Å².